The largest absolute Gasteiger partial charge is 0.289 e. The van der Waals surface area contributed by atoms with Gasteiger partial charge in [-0.1, -0.05) is 15.9 Å². The summed E-state index contributed by atoms with van der Waals surface area (Å²) in [5.41, 5.74) is 1.54. The van der Waals surface area contributed by atoms with Crippen molar-refractivity contribution in [2.75, 3.05) is 11.0 Å². The molecule has 110 valence electrons. The second kappa shape index (κ2) is 6.45. The molecule has 0 fully saturated rings. The van der Waals surface area contributed by atoms with Crippen molar-refractivity contribution in [1.82, 2.24) is 0 Å². The van der Waals surface area contributed by atoms with Crippen molar-refractivity contribution in [3.8, 4) is 0 Å². The molecule has 2 rings (SSSR count). The van der Waals surface area contributed by atoms with Crippen molar-refractivity contribution >= 4 is 60.0 Å². The number of carbonyl (C=O) groups excluding carboxylic acids is 1. The van der Waals surface area contributed by atoms with Gasteiger partial charge in [-0.25, -0.2) is 8.42 Å². The molecule has 0 aliphatic rings. The molecule has 2 aromatic carbocycles. The predicted molar refractivity (Wildman–Crippen MR) is 95.2 cm³/mol. The fraction of sp³-hybridized carbons (Fsp3) is 0.0714. The van der Waals surface area contributed by atoms with Crippen LogP contribution in [0.1, 0.15) is 15.9 Å². The van der Waals surface area contributed by atoms with Crippen molar-refractivity contribution in [3.63, 3.8) is 0 Å². The Morgan fingerprint density at radius 1 is 1.14 bits per heavy atom. The van der Waals surface area contributed by atoms with Crippen molar-refractivity contribution in [2.45, 2.75) is 0 Å². The zero-order valence-corrected chi connectivity index (χ0v) is 15.5. The van der Waals surface area contributed by atoms with Crippen molar-refractivity contribution < 1.29 is 13.2 Å². The second-order valence-corrected chi connectivity index (χ2v) is 8.23. The third-order valence-corrected chi connectivity index (χ3v) is 4.66. The number of anilines is 1. The molecule has 1 N–H and O–H groups in total. The summed E-state index contributed by atoms with van der Waals surface area (Å²) >= 11 is 5.46. The number of halogens is 2. The Bertz CT molecular complexity index is 788. The van der Waals surface area contributed by atoms with E-state index in [9.17, 15) is 13.2 Å². The van der Waals surface area contributed by atoms with Gasteiger partial charge in [0.15, 0.2) is 5.78 Å². The topological polar surface area (TPSA) is 63.2 Å². The van der Waals surface area contributed by atoms with Gasteiger partial charge in [0.2, 0.25) is 10.0 Å². The maximum Gasteiger partial charge on any atom is 0.229 e. The van der Waals surface area contributed by atoms with E-state index in [2.05, 4.69) is 43.2 Å². The number of rotatable bonds is 4. The lowest BCUT2D eigenvalue weighted by atomic mass is 10.0. The minimum atomic E-state index is -3.32. The van der Waals surface area contributed by atoms with Crippen LogP contribution < -0.4 is 4.72 Å². The maximum absolute atomic E-state index is 12.5. The van der Waals surface area contributed by atoms with Crippen LogP contribution in [0.15, 0.2) is 46.9 Å². The molecule has 7 heteroatoms. The molecule has 0 saturated heterocycles. The van der Waals surface area contributed by atoms with E-state index in [0.29, 0.717) is 16.8 Å². The molecular weight excluding hydrogens is 469 g/mol. The van der Waals surface area contributed by atoms with Gasteiger partial charge in [-0.05, 0) is 65.1 Å². The molecular formula is C14H11BrINO3S. The quantitative estimate of drug-likeness (QED) is 0.537. The molecule has 0 radical (unpaired) electrons. The van der Waals surface area contributed by atoms with Gasteiger partial charge >= 0.3 is 0 Å². The van der Waals surface area contributed by atoms with Crippen LogP contribution in [0.4, 0.5) is 5.69 Å². The van der Waals surface area contributed by atoms with Gasteiger partial charge in [0, 0.05) is 24.9 Å². The standard InChI is InChI=1S/C14H11BrINO3S/c1-21(19,20)17-11-5-2-9(3-6-11)14(18)12-8-10(15)4-7-13(12)16/h2-8,17H,1H3. The van der Waals surface area contributed by atoms with E-state index in [1.54, 1.807) is 30.3 Å². The van der Waals surface area contributed by atoms with E-state index < -0.39 is 10.0 Å². The van der Waals surface area contributed by atoms with Crippen LogP contribution in [0.2, 0.25) is 0 Å². The molecule has 0 aliphatic heterocycles. The van der Waals surface area contributed by atoms with E-state index in [0.717, 1.165) is 14.3 Å². The van der Waals surface area contributed by atoms with Crippen LogP contribution in [-0.2, 0) is 10.0 Å². The molecule has 21 heavy (non-hydrogen) atoms. The Kier molecular flexibility index (Phi) is 5.05. The highest BCUT2D eigenvalue weighted by Crippen LogP contribution is 2.22. The molecule has 4 nitrogen and oxygen atoms in total. The van der Waals surface area contributed by atoms with Crippen molar-refractivity contribution in [1.29, 1.82) is 0 Å². The lowest BCUT2D eigenvalue weighted by Gasteiger charge is -2.07. The van der Waals surface area contributed by atoms with Gasteiger partial charge in [-0.2, -0.15) is 0 Å². The number of hydrogen-bond acceptors (Lipinski definition) is 3. The smallest absolute Gasteiger partial charge is 0.229 e. The molecule has 0 heterocycles. The zero-order chi connectivity index (χ0) is 15.6. The number of ketones is 1. The van der Waals surface area contributed by atoms with Crippen LogP contribution in [0, 0.1) is 3.57 Å². The van der Waals surface area contributed by atoms with Crippen molar-refractivity contribution in [3.05, 3.63) is 61.6 Å². The Balaban J connectivity index is 2.30. The van der Waals surface area contributed by atoms with E-state index in [1.807, 2.05) is 12.1 Å². The average Bonchev–Trinajstić information content (AvgIpc) is 2.40. The molecule has 0 atom stereocenters. The summed E-state index contributed by atoms with van der Waals surface area (Å²) < 4.78 is 26.3. The Hall–Kier alpha value is -0.930. The molecule has 0 spiro atoms. The summed E-state index contributed by atoms with van der Waals surface area (Å²) in [5.74, 6) is -0.105. The monoisotopic (exact) mass is 479 g/mol. The lowest BCUT2D eigenvalue weighted by Crippen LogP contribution is -2.10. The van der Waals surface area contributed by atoms with Crippen molar-refractivity contribution in [2.24, 2.45) is 0 Å². The molecule has 0 unspecified atom stereocenters. The van der Waals surface area contributed by atoms with Crippen LogP contribution in [0.3, 0.4) is 0 Å². The van der Waals surface area contributed by atoms with E-state index in [-0.39, 0.29) is 5.78 Å². The summed E-state index contributed by atoms with van der Waals surface area (Å²) in [5, 5.41) is 0. The van der Waals surface area contributed by atoms with E-state index in [4.69, 9.17) is 0 Å². The molecule has 2 aromatic rings. The number of hydrogen-bond donors (Lipinski definition) is 1. The lowest BCUT2D eigenvalue weighted by molar-refractivity contribution is 0.103. The summed E-state index contributed by atoms with van der Waals surface area (Å²) in [6.07, 6.45) is 1.08. The van der Waals surface area contributed by atoms with Crippen LogP contribution in [0.25, 0.3) is 0 Å². The predicted octanol–water partition coefficient (Wildman–Crippen LogP) is 3.66. The third-order valence-electron chi connectivity index (χ3n) is 2.62. The average molecular weight is 480 g/mol. The first-order valence-electron chi connectivity index (χ1n) is 5.84. The molecule has 0 amide bonds. The van der Waals surface area contributed by atoms with Gasteiger partial charge in [0.25, 0.3) is 0 Å². The molecule has 0 aliphatic carbocycles. The fourth-order valence-corrected chi connectivity index (χ4v) is 3.24. The highest BCUT2D eigenvalue weighted by molar-refractivity contribution is 14.1. The highest BCUT2D eigenvalue weighted by atomic mass is 127. The number of carbonyl (C=O) groups is 1. The zero-order valence-electron chi connectivity index (χ0n) is 10.9. The first-order chi connectivity index (χ1) is 9.76. The second-order valence-electron chi connectivity index (χ2n) is 4.40. The Labute approximate surface area is 145 Å². The normalized spacial score (nSPS) is 11.2. The first kappa shape index (κ1) is 16.4. The Morgan fingerprint density at radius 3 is 2.33 bits per heavy atom. The van der Waals surface area contributed by atoms with Crippen LogP contribution in [-0.4, -0.2) is 20.5 Å². The van der Waals surface area contributed by atoms with Gasteiger partial charge in [0.1, 0.15) is 0 Å². The summed E-state index contributed by atoms with van der Waals surface area (Å²) in [7, 11) is -3.32. The minimum absolute atomic E-state index is 0.105. The number of benzene rings is 2. The SMILES string of the molecule is CS(=O)(=O)Nc1ccc(C(=O)c2cc(Br)ccc2I)cc1. The van der Waals surface area contributed by atoms with Gasteiger partial charge in [-0.3, -0.25) is 9.52 Å². The summed E-state index contributed by atoms with van der Waals surface area (Å²) in [4.78, 5) is 12.5. The molecule has 0 bridgehead atoms. The number of sulfonamides is 1. The van der Waals surface area contributed by atoms with E-state index in [1.165, 1.54) is 0 Å². The minimum Gasteiger partial charge on any atom is -0.289 e. The van der Waals surface area contributed by atoms with Gasteiger partial charge in [0.05, 0.1) is 6.26 Å². The van der Waals surface area contributed by atoms with Gasteiger partial charge in [-0.15, -0.1) is 0 Å². The highest BCUT2D eigenvalue weighted by Gasteiger charge is 2.13. The van der Waals surface area contributed by atoms with Crippen LogP contribution in [0.5, 0.6) is 0 Å². The molecule has 0 saturated carbocycles. The van der Waals surface area contributed by atoms with Gasteiger partial charge < -0.3 is 0 Å². The first-order valence-corrected chi connectivity index (χ1v) is 9.60. The fourth-order valence-electron chi connectivity index (χ4n) is 1.73. The number of nitrogens with one attached hydrogen (secondary N) is 1. The van der Waals surface area contributed by atoms with E-state index >= 15 is 0 Å². The summed E-state index contributed by atoms with van der Waals surface area (Å²) in [6, 6.07) is 11.8. The summed E-state index contributed by atoms with van der Waals surface area (Å²) in [6.45, 7) is 0. The third kappa shape index (κ3) is 4.52. The Morgan fingerprint density at radius 2 is 1.76 bits per heavy atom. The molecule has 0 aromatic heterocycles. The maximum atomic E-state index is 12.5. The van der Waals surface area contributed by atoms with Crippen LogP contribution >= 0.6 is 38.5 Å².